The first kappa shape index (κ1) is 16.1. The fourth-order valence-corrected chi connectivity index (χ4v) is 2.68. The summed E-state index contributed by atoms with van der Waals surface area (Å²) in [5.41, 5.74) is 3.12. The molecular formula is C18H15FN2O2S. The van der Waals surface area contributed by atoms with Crippen molar-refractivity contribution in [2.24, 2.45) is 0 Å². The molecule has 0 saturated carbocycles. The van der Waals surface area contributed by atoms with E-state index in [1.165, 1.54) is 18.2 Å². The Balaban J connectivity index is 1.81. The fraction of sp³-hybridized carbons (Fsp3) is 0.111. The van der Waals surface area contributed by atoms with Crippen molar-refractivity contribution in [3.05, 3.63) is 69.8 Å². The van der Waals surface area contributed by atoms with Gasteiger partial charge < -0.3 is 15.1 Å². The number of hydrogen-bond donors (Lipinski definition) is 2. The van der Waals surface area contributed by atoms with Crippen molar-refractivity contribution in [2.75, 3.05) is 10.6 Å². The largest absolute Gasteiger partial charge is 0.423 e. The molecule has 3 rings (SSSR count). The van der Waals surface area contributed by atoms with Crippen LogP contribution in [0.3, 0.4) is 0 Å². The molecule has 2 N–H and O–H groups in total. The van der Waals surface area contributed by atoms with Crippen molar-refractivity contribution in [3.63, 3.8) is 0 Å². The highest BCUT2D eigenvalue weighted by atomic mass is 32.1. The Morgan fingerprint density at radius 3 is 2.58 bits per heavy atom. The van der Waals surface area contributed by atoms with Crippen LogP contribution in [-0.4, -0.2) is 5.11 Å². The molecule has 0 amide bonds. The number of thiocarbonyl (C=S) groups is 1. The smallest absolute Gasteiger partial charge is 0.336 e. The van der Waals surface area contributed by atoms with Crippen molar-refractivity contribution >= 4 is 39.7 Å². The van der Waals surface area contributed by atoms with Crippen molar-refractivity contribution in [1.82, 2.24) is 0 Å². The van der Waals surface area contributed by atoms with Gasteiger partial charge in [-0.05, 0) is 67.5 Å². The first-order valence-corrected chi connectivity index (χ1v) is 7.72. The Bertz CT molecular complexity index is 998. The lowest BCUT2D eigenvalue weighted by Gasteiger charge is -2.13. The average molecular weight is 342 g/mol. The summed E-state index contributed by atoms with van der Waals surface area (Å²) < 4.78 is 18.3. The number of rotatable bonds is 2. The Morgan fingerprint density at radius 2 is 1.83 bits per heavy atom. The average Bonchev–Trinajstić information content (AvgIpc) is 2.49. The fourth-order valence-electron chi connectivity index (χ4n) is 2.45. The van der Waals surface area contributed by atoms with Gasteiger partial charge >= 0.3 is 5.63 Å². The molecule has 1 heterocycles. The van der Waals surface area contributed by atoms with Crippen molar-refractivity contribution < 1.29 is 8.81 Å². The lowest BCUT2D eigenvalue weighted by molar-refractivity contribution is 0.560. The molecule has 0 radical (unpaired) electrons. The third-order valence-electron chi connectivity index (χ3n) is 3.65. The molecule has 0 spiro atoms. The summed E-state index contributed by atoms with van der Waals surface area (Å²) in [5, 5.41) is 7.28. The molecule has 0 fully saturated rings. The van der Waals surface area contributed by atoms with Gasteiger partial charge in [-0.15, -0.1) is 0 Å². The summed E-state index contributed by atoms with van der Waals surface area (Å²) >= 11 is 5.28. The topological polar surface area (TPSA) is 54.3 Å². The third kappa shape index (κ3) is 3.44. The van der Waals surface area contributed by atoms with E-state index in [-0.39, 0.29) is 11.4 Å². The predicted molar refractivity (Wildman–Crippen MR) is 98.2 cm³/mol. The highest BCUT2D eigenvalue weighted by Gasteiger charge is 2.06. The van der Waals surface area contributed by atoms with E-state index in [2.05, 4.69) is 10.6 Å². The van der Waals surface area contributed by atoms with E-state index < -0.39 is 0 Å². The minimum atomic E-state index is -0.389. The van der Waals surface area contributed by atoms with E-state index in [4.69, 9.17) is 16.6 Å². The maximum atomic E-state index is 13.1. The van der Waals surface area contributed by atoms with Crippen LogP contribution in [0.4, 0.5) is 15.8 Å². The maximum absolute atomic E-state index is 13.1. The first-order chi connectivity index (χ1) is 11.4. The molecule has 24 heavy (non-hydrogen) atoms. The number of nitrogens with one attached hydrogen (secondary N) is 2. The zero-order valence-corrected chi connectivity index (χ0v) is 14.0. The minimum Gasteiger partial charge on any atom is -0.423 e. The van der Waals surface area contributed by atoms with Gasteiger partial charge in [0.15, 0.2) is 5.11 Å². The summed E-state index contributed by atoms with van der Waals surface area (Å²) in [6.45, 7) is 3.65. The van der Waals surface area contributed by atoms with Gasteiger partial charge in [0.05, 0.1) is 0 Å². The number of aryl methyl sites for hydroxylation is 2. The van der Waals surface area contributed by atoms with Gasteiger partial charge in [0.1, 0.15) is 11.4 Å². The van der Waals surface area contributed by atoms with E-state index in [0.29, 0.717) is 16.4 Å². The summed E-state index contributed by atoms with van der Waals surface area (Å²) in [4.78, 5) is 11.5. The minimum absolute atomic E-state index is 0.295. The first-order valence-electron chi connectivity index (χ1n) is 7.31. The number of fused-ring (bicyclic) bond motifs is 1. The standard InChI is InChI=1S/C18H15FN2O2S/c1-10-8-17(22)23-16-9-13(4-5-14(10)16)20-18(24)21-15-6-3-12(19)7-11(15)2/h3-9H,1-2H3,(H2,20,21,24). The van der Waals surface area contributed by atoms with Gasteiger partial charge in [0.25, 0.3) is 0 Å². The van der Waals surface area contributed by atoms with Crippen LogP contribution in [0.25, 0.3) is 11.0 Å². The second-order valence-electron chi connectivity index (χ2n) is 5.50. The third-order valence-corrected chi connectivity index (χ3v) is 3.85. The zero-order chi connectivity index (χ0) is 17.3. The second-order valence-corrected chi connectivity index (χ2v) is 5.91. The molecule has 3 aromatic rings. The van der Waals surface area contributed by atoms with Gasteiger partial charge in [-0.3, -0.25) is 0 Å². The number of halogens is 1. The summed E-state index contributed by atoms with van der Waals surface area (Å²) in [6.07, 6.45) is 0. The molecule has 0 aliphatic carbocycles. The molecule has 2 aromatic carbocycles. The van der Waals surface area contributed by atoms with Crippen LogP contribution in [0.15, 0.2) is 51.7 Å². The highest BCUT2D eigenvalue weighted by molar-refractivity contribution is 7.80. The van der Waals surface area contributed by atoms with Crippen molar-refractivity contribution in [3.8, 4) is 0 Å². The molecule has 1 aromatic heterocycles. The van der Waals surface area contributed by atoms with E-state index in [0.717, 1.165) is 22.2 Å². The molecule has 0 aliphatic heterocycles. The Morgan fingerprint density at radius 1 is 1.04 bits per heavy atom. The molecule has 122 valence electrons. The van der Waals surface area contributed by atoms with Crippen LogP contribution >= 0.6 is 12.2 Å². The quantitative estimate of drug-likeness (QED) is 0.535. The van der Waals surface area contributed by atoms with E-state index >= 15 is 0 Å². The van der Waals surface area contributed by atoms with Gasteiger partial charge in [-0.25, -0.2) is 9.18 Å². The number of anilines is 2. The molecule has 4 nitrogen and oxygen atoms in total. The van der Waals surface area contributed by atoms with Crippen LogP contribution in [0.5, 0.6) is 0 Å². The lowest BCUT2D eigenvalue weighted by atomic mass is 10.1. The Kier molecular flexibility index (Phi) is 4.31. The molecule has 6 heteroatoms. The number of hydrogen-bond acceptors (Lipinski definition) is 3. The monoisotopic (exact) mass is 342 g/mol. The summed E-state index contributed by atoms with van der Waals surface area (Å²) in [5.74, 6) is -0.295. The van der Waals surface area contributed by atoms with Crippen LogP contribution in [0.2, 0.25) is 0 Å². The normalized spacial score (nSPS) is 10.6. The highest BCUT2D eigenvalue weighted by Crippen LogP contribution is 2.21. The molecule has 0 saturated heterocycles. The van der Waals surface area contributed by atoms with Crippen LogP contribution in [0.1, 0.15) is 11.1 Å². The van der Waals surface area contributed by atoms with Gasteiger partial charge in [-0.1, -0.05) is 0 Å². The predicted octanol–water partition coefficient (Wildman–Crippen LogP) is 4.36. The van der Waals surface area contributed by atoms with Crippen molar-refractivity contribution in [2.45, 2.75) is 13.8 Å². The SMILES string of the molecule is Cc1cc(F)ccc1NC(=S)Nc1ccc2c(C)cc(=O)oc2c1. The molecule has 0 bridgehead atoms. The van der Waals surface area contributed by atoms with E-state index in [9.17, 15) is 9.18 Å². The molecular weight excluding hydrogens is 327 g/mol. The molecule has 0 unspecified atom stereocenters. The lowest BCUT2D eigenvalue weighted by Crippen LogP contribution is -2.19. The molecule has 0 aliphatic rings. The van der Waals surface area contributed by atoms with Crippen molar-refractivity contribution in [1.29, 1.82) is 0 Å². The summed E-state index contributed by atoms with van der Waals surface area (Å²) in [6, 6.07) is 11.3. The molecule has 0 atom stereocenters. The number of benzene rings is 2. The van der Waals surface area contributed by atoms with E-state index in [1.807, 2.05) is 19.1 Å². The second kappa shape index (κ2) is 6.41. The summed E-state index contributed by atoms with van der Waals surface area (Å²) in [7, 11) is 0. The van der Waals surface area contributed by atoms with Gasteiger partial charge in [0.2, 0.25) is 0 Å². The Hall–Kier alpha value is -2.73. The van der Waals surface area contributed by atoms with Crippen LogP contribution in [0, 0.1) is 19.7 Å². The van der Waals surface area contributed by atoms with E-state index in [1.54, 1.807) is 19.1 Å². The van der Waals surface area contributed by atoms with Gasteiger partial charge in [0, 0.05) is 28.9 Å². The Labute approximate surface area is 143 Å². The van der Waals surface area contributed by atoms with Crippen LogP contribution < -0.4 is 16.3 Å². The van der Waals surface area contributed by atoms with Gasteiger partial charge in [-0.2, -0.15) is 0 Å². The van der Waals surface area contributed by atoms with Crippen LogP contribution in [-0.2, 0) is 0 Å². The maximum Gasteiger partial charge on any atom is 0.336 e. The zero-order valence-electron chi connectivity index (χ0n) is 13.1.